The van der Waals surface area contributed by atoms with Gasteiger partial charge in [-0.15, -0.1) is 0 Å². The molecule has 21 heavy (non-hydrogen) atoms. The molecule has 0 saturated heterocycles. The predicted octanol–water partition coefficient (Wildman–Crippen LogP) is 2.95. The highest BCUT2D eigenvalue weighted by molar-refractivity contribution is 6.07. The summed E-state index contributed by atoms with van der Waals surface area (Å²) in [6.07, 6.45) is 0. The number of methoxy groups -OCH3 is 1. The van der Waals surface area contributed by atoms with Crippen molar-refractivity contribution in [2.75, 3.05) is 12.4 Å². The number of hydrogen-bond acceptors (Lipinski definition) is 3. The quantitative estimate of drug-likeness (QED) is 0.905. The molecule has 0 aliphatic heterocycles. The zero-order chi connectivity index (χ0) is 15.4. The Kier molecular flexibility index (Phi) is 4.23. The molecule has 0 spiro atoms. The first kappa shape index (κ1) is 14.6. The number of aryl methyl sites for hydroxylation is 1. The van der Waals surface area contributed by atoms with Crippen LogP contribution in [0.3, 0.4) is 0 Å². The smallest absolute Gasteiger partial charge is 0.337 e. The van der Waals surface area contributed by atoms with Gasteiger partial charge in [-0.2, -0.15) is 0 Å². The van der Waals surface area contributed by atoms with E-state index >= 15 is 0 Å². The van der Waals surface area contributed by atoms with Crippen molar-refractivity contribution in [1.82, 2.24) is 0 Å². The molecule has 2 aromatic carbocycles. The minimum atomic E-state index is -1.13. The van der Waals surface area contributed by atoms with E-state index in [2.05, 4.69) is 5.32 Å². The number of carbonyl (C=O) groups is 2. The Hall–Kier alpha value is -2.82. The summed E-state index contributed by atoms with van der Waals surface area (Å²) < 4.78 is 4.99. The summed E-state index contributed by atoms with van der Waals surface area (Å²) in [5, 5.41) is 11.8. The number of benzene rings is 2. The maximum Gasteiger partial charge on any atom is 0.337 e. The zero-order valence-corrected chi connectivity index (χ0v) is 11.7. The molecule has 0 unspecified atom stereocenters. The lowest BCUT2D eigenvalue weighted by Crippen LogP contribution is -2.15. The van der Waals surface area contributed by atoms with Crippen LogP contribution in [-0.4, -0.2) is 24.1 Å². The first-order chi connectivity index (χ1) is 10.0. The van der Waals surface area contributed by atoms with E-state index in [-0.39, 0.29) is 17.2 Å². The lowest BCUT2D eigenvalue weighted by Gasteiger charge is -2.10. The molecule has 0 aliphatic carbocycles. The molecule has 0 aromatic heterocycles. The van der Waals surface area contributed by atoms with Crippen LogP contribution in [0.15, 0.2) is 42.5 Å². The van der Waals surface area contributed by atoms with Crippen LogP contribution in [0.5, 0.6) is 5.75 Å². The summed E-state index contributed by atoms with van der Waals surface area (Å²) in [7, 11) is 1.45. The second-order valence-electron chi connectivity index (χ2n) is 4.54. The van der Waals surface area contributed by atoms with E-state index in [0.717, 1.165) is 5.56 Å². The van der Waals surface area contributed by atoms with Gasteiger partial charge in [-0.3, -0.25) is 4.79 Å². The molecule has 0 fully saturated rings. The molecule has 2 aromatic rings. The summed E-state index contributed by atoms with van der Waals surface area (Å²) in [4.78, 5) is 23.4. The van der Waals surface area contributed by atoms with E-state index in [1.165, 1.54) is 19.2 Å². The first-order valence-electron chi connectivity index (χ1n) is 6.30. The molecule has 2 N–H and O–H groups in total. The third-order valence-electron chi connectivity index (χ3n) is 2.99. The first-order valence-corrected chi connectivity index (χ1v) is 6.30. The van der Waals surface area contributed by atoms with Gasteiger partial charge in [-0.05, 0) is 37.3 Å². The van der Waals surface area contributed by atoms with Gasteiger partial charge >= 0.3 is 5.97 Å². The third kappa shape index (κ3) is 3.39. The predicted molar refractivity (Wildman–Crippen MR) is 79.1 cm³/mol. The average molecular weight is 285 g/mol. The van der Waals surface area contributed by atoms with Gasteiger partial charge in [-0.25, -0.2) is 4.79 Å². The number of carbonyl (C=O) groups excluding carboxylic acids is 1. The molecule has 5 nitrogen and oxygen atoms in total. The Labute approximate surface area is 122 Å². The molecule has 0 heterocycles. The number of rotatable bonds is 4. The minimum absolute atomic E-state index is 0.0182. The fraction of sp³-hybridized carbons (Fsp3) is 0.125. The van der Waals surface area contributed by atoms with Crippen LogP contribution in [0.1, 0.15) is 26.3 Å². The Morgan fingerprint density at radius 2 is 1.90 bits per heavy atom. The molecule has 0 saturated carbocycles. The highest BCUT2D eigenvalue weighted by Gasteiger charge is 2.14. The molecule has 0 atom stereocenters. The third-order valence-corrected chi connectivity index (χ3v) is 2.99. The van der Waals surface area contributed by atoms with E-state index in [4.69, 9.17) is 4.74 Å². The Balaban J connectivity index is 2.31. The van der Waals surface area contributed by atoms with Crippen LogP contribution >= 0.6 is 0 Å². The standard InChI is InChI=1S/C16H15NO4/c1-10-4-3-5-11(8-10)15(18)17-14-7-6-12(21-2)9-13(14)16(19)20/h3-9H,1-2H3,(H,17,18)(H,19,20). The number of carboxylic acid groups (broad SMARTS) is 1. The van der Waals surface area contributed by atoms with E-state index in [1.54, 1.807) is 24.3 Å². The molecule has 2 rings (SSSR count). The number of carboxylic acids is 1. The maximum atomic E-state index is 12.2. The number of hydrogen-bond donors (Lipinski definition) is 2. The Morgan fingerprint density at radius 1 is 1.14 bits per heavy atom. The summed E-state index contributed by atoms with van der Waals surface area (Å²) >= 11 is 0. The lowest BCUT2D eigenvalue weighted by atomic mass is 10.1. The summed E-state index contributed by atoms with van der Waals surface area (Å²) in [5.74, 6) is -1.07. The summed E-state index contributed by atoms with van der Waals surface area (Å²) in [6, 6.07) is 11.5. The molecular formula is C16H15NO4. The Morgan fingerprint density at radius 3 is 2.52 bits per heavy atom. The van der Waals surface area contributed by atoms with Crippen LogP contribution in [0.2, 0.25) is 0 Å². The number of anilines is 1. The fourth-order valence-electron chi connectivity index (χ4n) is 1.92. The molecule has 0 aliphatic rings. The van der Waals surface area contributed by atoms with Crippen molar-refractivity contribution in [3.05, 3.63) is 59.2 Å². The molecule has 5 heteroatoms. The molecule has 0 bridgehead atoms. The lowest BCUT2D eigenvalue weighted by molar-refractivity contribution is 0.0697. The van der Waals surface area contributed by atoms with Gasteiger partial charge in [0.2, 0.25) is 0 Å². The van der Waals surface area contributed by atoms with Crippen molar-refractivity contribution in [1.29, 1.82) is 0 Å². The average Bonchev–Trinajstić information content (AvgIpc) is 2.47. The largest absolute Gasteiger partial charge is 0.497 e. The topological polar surface area (TPSA) is 75.6 Å². The second kappa shape index (κ2) is 6.09. The van der Waals surface area contributed by atoms with Gasteiger partial charge in [0.05, 0.1) is 18.4 Å². The van der Waals surface area contributed by atoms with Crippen LogP contribution in [0, 0.1) is 6.92 Å². The van der Waals surface area contributed by atoms with E-state index in [0.29, 0.717) is 11.3 Å². The van der Waals surface area contributed by atoms with Gasteiger partial charge in [-0.1, -0.05) is 17.7 Å². The number of amides is 1. The van der Waals surface area contributed by atoms with Crippen molar-refractivity contribution in [2.45, 2.75) is 6.92 Å². The highest BCUT2D eigenvalue weighted by atomic mass is 16.5. The SMILES string of the molecule is COc1ccc(NC(=O)c2cccc(C)c2)c(C(=O)O)c1. The van der Waals surface area contributed by atoms with Crippen molar-refractivity contribution >= 4 is 17.6 Å². The van der Waals surface area contributed by atoms with Gasteiger partial charge in [0.25, 0.3) is 5.91 Å². The summed E-state index contributed by atoms with van der Waals surface area (Å²) in [6.45, 7) is 1.88. The minimum Gasteiger partial charge on any atom is -0.497 e. The van der Waals surface area contributed by atoms with Crippen LogP contribution in [-0.2, 0) is 0 Å². The van der Waals surface area contributed by atoms with Gasteiger partial charge in [0.15, 0.2) is 0 Å². The fourth-order valence-corrected chi connectivity index (χ4v) is 1.92. The van der Waals surface area contributed by atoms with Gasteiger partial charge in [0, 0.05) is 5.56 Å². The van der Waals surface area contributed by atoms with Gasteiger partial charge in [0.1, 0.15) is 5.75 Å². The van der Waals surface area contributed by atoms with Crippen molar-refractivity contribution < 1.29 is 19.4 Å². The molecule has 1 amide bonds. The molecular weight excluding hydrogens is 270 g/mol. The number of nitrogens with one attached hydrogen (secondary N) is 1. The van der Waals surface area contributed by atoms with Gasteiger partial charge < -0.3 is 15.2 Å². The molecule has 108 valence electrons. The number of ether oxygens (including phenoxy) is 1. The normalized spacial score (nSPS) is 10.0. The van der Waals surface area contributed by atoms with Crippen LogP contribution in [0.4, 0.5) is 5.69 Å². The van der Waals surface area contributed by atoms with Crippen LogP contribution < -0.4 is 10.1 Å². The molecule has 0 radical (unpaired) electrons. The second-order valence-corrected chi connectivity index (χ2v) is 4.54. The number of aromatic carboxylic acids is 1. The Bertz CT molecular complexity index is 694. The van der Waals surface area contributed by atoms with Crippen molar-refractivity contribution in [2.24, 2.45) is 0 Å². The highest BCUT2D eigenvalue weighted by Crippen LogP contribution is 2.22. The van der Waals surface area contributed by atoms with E-state index in [1.807, 2.05) is 13.0 Å². The zero-order valence-electron chi connectivity index (χ0n) is 11.7. The summed E-state index contributed by atoms with van der Waals surface area (Å²) in [5.41, 5.74) is 1.64. The van der Waals surface area contributed by atoms with E-state index < -0.39 is 5.97 Å². The maximum absolute atomic E-state index is 12.2. The van der Waals surface area contributed by atoms with Crippen molar-refractivity contribution in [3.8, 4) is 5.75 Å². The van der Waals surface area contributed by atoms with E-state index in [9.17, 15) is 14.7 Å². The van der Waals surface area contributed by atoms with Crippen molar-refractivity contribution in [3.63, 3.8) is 0 Å². The monoisotopic (exact) mass is 285 g/mol. The van der Waals surface area contributed by atoms with Crippen LogP contribution in [0.25, 0.3) is 0 Å².